The average molecular weight is 369 g/mol. The Morgan fingerprint density at radius 2 is 2.04 bits per heavy atom. The summed E-state index contributed by atoms with van der Waals surface area (Å²) in [7, 11) is 0. The van der Waals surface area contributed by atoms with E-state index >= 15 is 0 Å². The molecular formula is C19H14ClFN4O. The number of hydrogen-bond donors (Lipinski definition) is 0. The number of nitrogens with zero attached hydrogens (tertiary/aromatic N) is 4. The predicted molar refractivity (Wildman–Crippen MR) is 96.7 cm³/mol. The first-order chi connectivity index (χ1) is 12.6. The summed E-state index contributed by atoms with van der Waals surface area (Å²) in [5.74, 6) is 0.888. The van der Waals surface area contributed by atoms with E-state index in [-0.39, 0.29) is 12.4 Å². The van der Waals surface area contributed by atoms with Gasteiger partial charge in [0, 0.05) is 36.4 Å². The number of halogens is 2. The highest BCUT2D eigenvalue weighted by Gasteiger charge is 2.08. The van der Waals surface area contributed by atoms with Gasteiger partial charge in [0.2, 0.25) is 5.78 Å². The SMILES string of the molecule is Cc1cc(F)ccc1-c1cnc2nc(COc3cncc(Cl)c3)cn2c1. The molecule has 0 bridgehead atoms. The maximum Gasteiger partial charge on any atom is 0.234 e. The molecule has 0 saturated heterocycles. The Kier molecular flexibility index (Phi) is 4.26. The quantitative estimate of drug-likeness (QED) is 0.533. The van der Waals surface area contributed by atoms with E-state index in [1.807, 2.05) is 23.7 Å². The molecule has 0 aliphatic heterocycles. The van der Waals surface area contributed by atoms with Crippen molar-refractivity contribution in [2.45, 2.75) is 13.5 Å². The van der Waals surface area contributed by atoms with E-state index in [1.165, 1.54) is 12.1 Å². The van der Waals surface area contributed by atoms with Crippen LogP contribution in [-0.2, 0) is 6.61 Å². The van der Waals surface area contributed by atoms with Crippen molar-refractivity contribution < 1.29 is 9.13 Å². The van der Waals surface area contributed by atoms with Crippen LogP contribution in [0.3, 0.4) is 0 Å². The maximum atomic E-state index is 13.3. The van der Waals surface area contributed by atoms with Gasteiger partial charge in [-0.25, -0.2) is 14.4 Å². The first-order valence-electron chi connectivity index (χ1n) is 7.92. The molecule has 0 amide bonds. The minimum Gasteiger partial charge on any atom is -0.486 e. The maximum absolute atomic E-state index is 13.3. The molecule has 0 atom stereocenters. The van der Waals surface area contributed by atoms with Gasteiger partial charge in [-0.2, -0.15) is 0 Å². The Bertz CT molecular complexity index is 1100. The van der Waals surface area contributed by atoms with Crippen LogP contribution >= 0.6 is 11.6 Å². The molecule has 0 aliphatic carbocycles. The molecule has 1 aromatic carbocycles. The van der Waals surface area contributed by atoms with Crippen molar-refractivity contribution in [2.75, 3.05) is 0 Å². The summed E-state index contributed by atoms with van der Waals surface area (Å²) in [6, 6.07) is 6.39. The number of fused-ring (bicyclic) bond motifs is 1. The Balaban J connectivity index is 1.59. The van der Waals surface area contributed by atoms with Gasteiger partial charge in [0.25, 0.3) is 0 Å². The van der Waals surface area contributed by atoms with Crippen molar-refractivity contribution in [1.29, 1.82) is 0 Å². The molecule has 0 unspecified atom stereocenters. The van der Waals surface area contributed by atoms with Crippen LogP contribution in [0.2, 0.25) is 5.02 Å². The fraction of sp³-hybridized carbons (Fsp3) is 0.105. The van der Waals surface area contributed by atoms with Crippen LogP contribution in [0.4, 0.5) is 4.39 Å². The van der Waals surface area contributed by atoms with E-state index < -0.39 is 0 Å². The zero-order valence-corrected chi connectivity index (χ0v) is 14.6. The zero-order chi connectivity index (χ0) is 18.1. The molecule has 4 rings (SSSR count). The van der Waals surface area contributed by atoms with Gasteiger partial charge >= 0.3 is 0 Å². The van der Waals surface area contributed by atoms with E-state index in [0.717, 1.165) is 22.4 Å². The molecular weight excluding hydrogens is 355 g/mol. The average Bonchev–Trinajstić information content (AvgIpc) is 3.02. The molecule has 0 spiro atoms. The molecule has 7 heteroatoms. The number of aryl methyl sites for hydroxylation is 1. The van der Waals surface area contributed by atoms with Crippen LogP contribution in [0, 0.1) is 12.7 Å². The lowest BCUT2D eigenvalue weighted by atomic mass is 10.0. The lowest BCUT2D eigenvalue weighted by molar-refractivity contribution is 0.301. The summed E-state index contributed by atoms with van der Waals surface area (Å²) in [5, 5.41) is 0.512. The van der Waals surface area contributed by atoms with Gasteiger partial charge in [-0.3, -0.25) is 9.38 Å². The van der Waals surface area contributed by atoms with Crippen LogP contribution < -0.4 is 4.74 Å². The van der Waals surface area contributed by atoms with Crippen molar-refractivity contribution in [3.63, 3.8) is 0 Å². The summed E-state index contributed by atoms with van der Waals surface area (Å²) in [6.45, 7) is 2.14. The van der Waals surface area contributed by atoms with Crippen LogP contribution in [0.25, 0.3) is 16.9 Å². The fourth-order valence-electron chi connectivity index (χ4n) is 2.72. The Hall–Kier alpha value is -2.99. The molecule has 0 aliphatic rings. The van der Waals surface area contributed by atoms with Crippen LogP contribution in [-0.4, -0.2) is 19.4 Å². The fourth-order valence-corrected chi connectivity index (χ4v) is 2.89. The number of ether oxygens (including phenoxy) is 1. The van der Waals surface area contributed by atoms with E-state index in [9.17, 15) is 4.39 Å². The van der Waals surface area contributed by atoms with Gasteiger partial charge in [-0.05, 0) is 30.2 Å². The summed E-state index contributed by atoms with van der Waals surface area (Å²) in [4.78, 5) is 12.8. The molecule has 4 aromatic rings. The third kappa shape index (κ3) is 3.36. The van der Waals surface area contributed by atoms with E-state index in [1.54, 1.807) is 30.7 Å². The molecule has 0 saturated carbocycles. The molecule has 0 radical (unpaired) electrons. The topological polar surface area (TPSA) is 52.3 Å². The summed E-state index contributed by atoms with van der Waals surface area (Å²) < 4.78 is 20.8. The molecule has 3 heterocycles. The largest absolute Gasteiger partial charge is 0.486 e. The number of rotatable bonds is 4. The van der Waals surface area contributed by atoms with Crippen LogP contribution in [0.15, 0.2) is 55.2 Å². The van der Waals surface area contributed by atoms with Gasteiger partial charge in [-0.15, -0.1) is 0 Å². The Morgan fingerprint density at radius 1 is 1.15 bits per heavy atom. The number of aromatic nitrogens is 4. The Morgan fingerprint density at radius 3 is 2.85 bits per heavy atom. The number of hydrogen-bond acceptors (Lipinski definition) is 4. The lowest BCUT2D eigenvalue weighted by Gasteiger charge is -2.06. The summed E-state index contributed by atoms with van der Waals surface area (Å²) in [6.07, 6.45) is 8.63. The second kappa shape index (κ2) is 6.72. The number of benzene rings is 1. The van der Waals surface area contributed by atoms with Crippen LogP contribution in [0.1, 0.15) is 11.3 Å². The summed E-state index contributed by atoms with van der Waals surface area (Å²) >= 11 is 5.89. The molecule has 26 heavy (non-hydrogen) atoms. The van der Waals surface area contributed by atoms with Crippen molar-refractivity contribution in [2.24, 2.45) is 0 Å². The molecule has 0 fully saturated rings. The third-order valence-electron chi connectivity index (χ3n) is 3.93. The highest BCUT2D eigenvalue weighted by atomic mass is 35.5. The van der Waals surface area contributed by atoms with Gasteiger partial charge in [0.15, 0.2) is 0 Å². The number of imidazole rings is 1. The number of pyridine rings is 1. The standard InChI is InChI=1S/C19H14ClFN4O/c1-12-4-15(21)2-3-18(12)13-6-23-19-24-16(10-25(19)9-13)11-26-17-5-14(20)7-22-8-17/h2-10H,11H2,1H3. The van der Waals surface area contributed by atoms with Crippen LogP contribution in [0.5, 0.6) is 5.75 Å². The van der Waals surface area contributed by atoms with Crippen molar-refractivity contribution in [3.8, 4) is 16.9 Å². The van der Waals surface area contributed by atoms with Gasteiger partial charge in [-0.1, -0.05) is 17.7 Å². The highest BCUT2D eigenvalue weighted by molar-refractivity contribution is 6.30. The Labute approximate surface area is 154 Å². The molecule has 3 aromatic heterocycles. The lowest BCUT2D eigenvalue weighted by Crippen LogP contribution is -1.95. The van der Waals surface area contributed by atoms with Crippen molar-refractivity contribution in [3.05, 3.63) is 77.3 Å². The summed E-state index contributed by atoms with van der Waals surface area (Å²) in [5.41, 5.74) is 3.39. The smallest absolute Gasteiger partial charge is 0.234 e. The molecule has 0 N–H and O–H groups in total. The van der Waals surface area contributed by atoms with Gasteiger partial charge < -0.3 is 4.74 Å². The van der Waals surface area contributed by atoms with E-state index in [4.69, 9.17) is 16.3 Å². The monoisotopic (exact) mass is 368 g/mol. The minimum atomic E-state index is -0.252. The third-order valence-corrected chi connectivity index (χ3v) is 4.13. The van der Waals surface area contributed by atoms with Crippen molar-refractivity contribution >= 4 is 17.4 Å². The first kappa shape index (κ1) is 16.5. The second-order valence-corrected chi connectivity index (χ2v) is 6.31. The molecule has 130 valence electrons. The highest BCUT2D eigenvalue weighted by Crippen LogP contribution is 2.24. The van der Waals surface area contributed by atoms with E-state index in [0.29, 0.717) is 16.5 Å². The van der Waals surface area contributed by atoms with Gasteiger partial charge in [0.1, 0.15) is 18.2 Å². The van der Waals surface area contributed by atoms with Crippen molar-refractivity contribution in [1.82, 2.24) is 19.4 Å². The molecule has 5 nitrogen and oxygen atoms in total. The van der Waals surface area contributed by atoms with E-state index in [2.05, 4.69) is 15.0 Å². The van der Waals surface area contributed by atoms with Gasteiger partial charge in [0.05, 0.1) is 16.9 Å². The zero-order valence-electron chi connectivity index (χ0n) is 13.9. The minimum absolute atomic E-state index is 0.252. The first-order valence-corrected chi connectivity index (χ1v) is 8.30. The normalized spacial score (nSPS) is 11.0. The predicted octanol–water partition coefficient (Wildman–Crippen LogP) is 4.47. The second-order valence-electron chi connectivity index (χ2n) is 5.87.